The van der Waals surface area contributed by atoms with Crippen LogP contribution >= 0.6 is 0 Å². The first-order valence-electron chi connectivity index (χ1n) is 7.88. The highest BCUT2D eigenvalue weighted by Gasteiger charge is 2.19. The second kappa shape index (κ2) is 5.80. The molecule has 2 nitrogen and oxygen atoms in total. The lowest BCUT2D eigenvalue weighted by atomic mass is 9.79. The van der Waals surface area contributed by atoms with E-state index in [1.165, 1.54) is 36.8 Å². The molecular formula is C19H24N2. The van der Waals surface area contributed by atoms with Gasteiger partial charge in [0.2, 0.25) is 0 Å². The SMILES string of the molecule is CC1CCC(c2ccc(-c3cc(N)cc(N)c3)cc2)CC1. The molecule has 1 aliphatic rings. The highest BCUT2D eigenvalue weighted by Crippen LogP contribution is 2.36. The van der Waals surface area contributed by atoms with E-state index in [4.69, 9.17) is 11.5 Å². The topological polar surface area (TPSA) is 52.0 Å². The summed E-state index contributed by atoms with van der Waals surface area (Å²) in [6.07, 6.45) is 5.37. The standard InChI is InChI=1S/C19H24N2/c1-13-2-4-14(5-3-13)15-6-8-16(9-7-15)17-10-18(20)12-19(21)11-17/h6-14H,2-5,20-21H2,1H3. The fourth-order valence-electron chi connectivity index (χ4n) is 3.38. The number of benzene rings is 2. The molecule has 0 saturated heterocycles. The van der Waals surface area contributed by atoms with Crippen LogP contribution < -0.4 is 11.5 Å². The van der Waals surface area contributed by atoms with Crippen LogP contribution in [0.25, 0.3) is 11.1 Å². The summed E-state index contributed by atoms with van der Waals surface area (Å²) >= 11 is 0. The van der Waals surface area contributed by atoms with E-state index in [-0.39, 0.29) is 0 Å². The van der Waals surface area contributed by atoms with Crippen molar-refractivity contribution in [3.05, 3.63) is 48.0 Å². The Kier molecular flexibility index (Phi) is 3.87. The van der Waals surface area contributed by atoms with E-state index in [9.17, 15) is 0 Å². The Balaban J connectivity index is 1.80. The van der Waals surface area contributed by atoms with Crippen LogP contribution in [0.2, 0.25) is 0 Å². The zero-order valence-corrected chi connectivity index (χ0v) is 12.7. The molecule has 4 N–H and O–H groups in total. The third-order valence-electron chi connectivity index (χ3n) is 4.71. The lowest BCUT2D eigenvalue weighted by Crippen LogP contribution is -2.10. The van der Waals surface area contributed by atoms with E-state index in [0.717, 1.165) is 28.8 Å². The Labute approximate surface area is 127 Å². The number of nitrogen functional groups attached to an aromatic ring is 2. The van der Waals surface area contributed by atoms with Crippen LogP contribution in [0.1, 0.15) is 44.1 Å². The van der Waals surface area contributed by atoms with Crippen LogP contribution in [-0.2, 0) is 0 Å². The summed E-state index contributed by atoms with van der Waals surface area (Å²) in [4.78, 5) is 0. The smallest absolute Gasteiger partial charge is 0.0340 e. The molecule has 0 heterocycles. The van der Waals surface area contributed by atoms with Crippen LogP contribution in [0.4, 0.5) is 11.4 Å². The largest absolute Gasteiger partial charge is 0.399 e. The van der Waals surface area contributed by atoms with Gasteiger partial charge in [-0.15, -0.1) is 0 Å². The van der Waals surface area contributed by atoms with E-state index < -0.39 is 0 Å². The Morgan fingerprint density at radius 1 is 0.762 bits per heavy atom. The predicted molar refractivity (Wildman–Crippen MR) is 91.1 cm³/mol. The molecule has 1 aliphatic carbocycles. The number of nitrogens with two attached hydrogens (primary N) is 2. The second-order valence-electron chi connectivity index (χ2n) is 6.47. The average Bonchev–Trinajstić information content (AvgIpc) is 2.47. The molecule has 0 bridgehead atoms. The van der Waals surface area contributed by atoms with E-state index in [0.29, 0.717) is 0 Å². The van der Waals surface area contributed by atoms with E-state index >= 15 is 0 Å². The fourth-order valence-corrected chi connectivity index (χ4v) is 3.38. The third kappa shape index (κ3) is 3.21. The summed E-state index contributed by atoms with van der Waals surface area (Å²) in [7, 11) is 0. The third-order valence-corrected chi connectivity index (χ3v) is 4.71. The van der Waals surface area contributed by atoms with Crippen molar-refractivity contribution < 1.29 is 0 Å². The molecule has 0 aromatic heterocycles. The molecule has 2 aromatic rings. The van der Waals surface area contributed by atoms with Gasteiger partial charge in [0.25, 0.3) is 0 Å². The number of hydrogen-bond donors (Lipinski definition) is 2. The number of hydrogen-bond acceptors (Lipinski definition) is 2. The summed E-state index contributed by atoms with van der Waals surface area (Å²) in [5.74, 6) is 1.64. The van der Waals surface area contributed by atoms with Crippen LogP contribution in [-0.4, -0.2) is 0 Å². The summed E-state index contributed by atoms with van der Waals surface area (Å²) in [5.41, 5.74) is 16.9. The molecule has 0 spiro atoms. The van der Waals surface area contributed by atoms with Crippen LogP contribution in [0, 0.1) is 5.92 Å². The minimum absolute atomic E-state index is 0.718. The number of rotatable bonds is 2. The molecule has 0 radical (unpaired) electrons. The van der Waals surface area contributed by atoms with Gasteiger partial charge >= 0.3 is 0 Å². The zero-order valence-electron chi connectivity index (χ0n) is 12.7. The minimum Gasteiger partial charge on any atom is -0.399 e. The van der Waals surface area contributed by atoms with Crippen molar-refractivity contribution in [3.63, 3.8) is 0 Å². The van der Waals surface area contributed by atoms with Gasteiger partial charge in [-0.3, -0.25) is 0 Å². The average molecular weight is 280 g/mol. The zero-order chi connectivity index (χ0) is 14.8. The quantitative estimate of drug-likeness (QED) is 0.775. The maximum atomic E-state index is 5.88. The number of anilines is 2. The van der Waals surface area contributed by atoms with Crippen molar-refractivity contribution in [1.82, 2.24) is 0 Å². The molecule has 0 aliphatic heterocycles. The maximum absolute atomic E-state index is 5.88. The molecule has 1 fully saturated rings. The first-order chi connectivity index (χ1) is 10.1. The molecule has 21 heavy (non-hydrogen) atoms. The molecule has 0 amide bonds. The van der Waals surface area contributed by atoms with Crippen molar-refractivity contribution in [3.8, 4) is 11.1 Å². The monoisotopic (exact) mass is 280 g/mol. The highest BCUT2D eigenvalue weighted by atomic mass is 14.6. The van der Waals surface area contributed by atoms with E-state index in [1.807, 2.05) is 12.1 Å². The molecule has 0 atom stereocenters. The Hall–Kier alpha value is -1.96. The summed E-state index contributed by atoms with van der Waals surface area (Å²) < 4.78 is 0. The van der Waals surface area contributed by atoms with Gasteiger partial charge in [-0.2, -0.15) is 0 Å². The van der Waals surface area contributed by atoms with Gasteiger partial charge in [0, 0.05) is 11.4 Å². The maximum Gasteiger partial charge on any atom is 0.0340 e. The summed E-state index contributed by atoms with van der Waals surface area (Å²) in [5, 5.41) is 0. The first kappa shape index (κ1) is 14.0. The van der Waals surface area contributed by atoms with Crippen molar-refractivity contribution in [1.29, 1.82) is 0 Å². The normalized spacial score (nSPS) is 22.1. The van der Waals surface area contributed by atoms with Gasteiger partial charge < -0.3 is 11.5 Å². The summed E-state index contributed by atoms with van der Waals surface area (Å²) in [6, 6.07) is 14.7. The lowest BCUT2D eigenvalue weighted by molar-refractivity contribution is 0.348. The van der Waals surface area contributed by atoms with Gasteiger partial charge in [-0.05, 0) is 59.6 Å². The Bertz CT molecular complexity index is 588. The Morgan fingerprint density at radius 2 is 1.33 bits per heavy atom. The molecule has 1 saturated carbocycles. The lowest BCUT2D eigenvalue weighted by Gasteiger charge is -2.26. The van der Waals surface area contributed by atoms with Crippen molar-refractivity contribution in [2.24, 2.45) is 5.92 Å². The first-order valence-corrected chi connectivity index (χ1v) is 7.88. The van der Waals surface area contributed by atoms with E-state index in [2.05, 4.69) is 31.2 Å². The van der Waals surface area contributed by atoms with Crippen molar-refractivity contribution in [2.75, 3.05) is 11.5 Å². The van der Waals surface area contributed by atoms with Crippen LogP contribution in [0.15, 0.2) is 42.5 Å². The van der Waals surface area contributed by atoms with Gasteiger partial charge in [0.15, 0.2) is 0 Å². The van der Waals surface area contributed by atoms with Gasteiger partial charge in [0.05, 0.1) is 0 Å². The highest BCUT2D eigenvalue weighted by molar-refractivity contribution is 5.72. The predicted octanol–water partition coefficient (Wildman–Crippen LogP) is 4.81. The van der Waals surface area contributed by atoms with Crippen LogP contribution in [0.5, 0.6) is 0 Å². The fraction of sp³-hybridized carbons (Fsp3) is 0.368. The summed E-state index contributed by atoms with van der Waals surface area (Å²) in [6.45, 7) is 2.36. The van der Waals surface area contributed by atoms with Crippen molar-refractivity contribution >= 4 is 11.4 Å². The van der Waals surface area contributed by atoms with Gasteiger partial charge in [-0.25, -0.2) is 0 Å². The minimum atomic E-state index is 0.718. The molecule has 3 rings (SSSR count). The second-order valence-corrected chi connectivity index (χ2v) is 6.47. The molecule has 0 unspecified atom stereocenters. The molecule has 110 valence electrons. The molecular weight excluding hydrogens is 256 g/mol. The van der Waals surface area contributed by atoms with Gasteiger partial charge in [-0.1, -0.05) is 44.0 Å². The van der Waals surface area contributed by atoms with Crippen molar-refractivity contribution in [2.45, 2.75) is 38.5 Å². The molecule has 2 heteroatoms. The Morgan fingerprint density at radius 3 is 1.90 bits per heavy atom. The molecule has 2 aromatic carbocycles. The van der Waals surface area contributed by atoms with Crippen LogP contribution in [0.3, 0.4) is 0 Å². The van der Waals surface area contributed by atoms with E-state index in [1.54, 1.807) is 6.07 Å². The van der Waals surface area contributed by atoms with Gasteiger partial charge in [0.1, 0.15) is 0 Å².